The molecule has 0 aliphatic carbocycles. The fourth-order valence-corrected chi connectivity index (χ4v) is 4.19. The van der Waals surface area contributed by atoms with Crippen molar-refractivity contribution in [2.24, 2.45) is 4.99 Å². The molecule has 2 aliphatic rings. The van der Waals surface area contributed by atoms with Gasteiger partial charge in [-0.05, 0) is 42.3 Å². The molecule has 2 heterocycles. The Bertz CT molecular complexity index is 899. The van der Waals surface area contributed by atoms with Gasteiger partial charge in [-0.3, -0.25) is 9.79 Å². The number of fused-ring (bicyclic) bond motifs is 2. The van der Waals surface area contributed by atoms with Crippen molar-refractivity contribution >= 4 is 41.0 Å². The van der Waals surface area contributed by atoms with Gasteiger partial charge >= 0.3 is 0 Å². The standard InChI is InChI=1S/C18H13Cl2FN2O/c1-9-18(13(8-22-9)10-3-2-4-11(19)5-10)12-6-15(21)14(20)7-16(12)23-17(18)24/h2-9,13H,1H3,(H,23,24)/t9?,13-,18-/m1/s1. The first-order valence-electron chi connectivity index (χ1n) is 7.54. The van der Waals surface area contributed by atoms with Crippen LogP contribution in [0.5, 0.6) is 0 Å². The van der Waals surface area contributed by atoms with Gasteiger partial charge in [-0.2, -0.15) is 0 Å². The Labute approximate surface area is 148 Å². The van der Waals surface area contributed by atoms with Crippen molar-refractivity contribution in [3.63, 3.8) is 0 Å². The summed E-state index contributed by atoms with van der Waals surface area (Å²) in [5.41, 5.74) is 1.000. The second-order valence-electron chi connectivity index (χ2n) is 6.14. The van der Waals surface area contributed by atoms with E-state index < -0.39 is 11.2 Å². The van der Waals surface area contributed by atoms with Crippen LogP contribution in [0.25, 0.3) is 0 Å². The normalized spacial score (nSPS) is 27.6. The summed E-state index contributed by atoms with van der Waals surface area (Å²) in [5, 5.41) is 3.40. The van der Waals surface area contributed by atoms with Crippen molar-refractivity contribution in [1.82, 2.24) is 0 Å². The first-order valence-corrected chi connectivity index (χ1v) is 8.30. The monoisotopic (exact) mass is 362 g/mol. The van der Waals surface area contributed by atoms with Crippen molar-refractivity contribution in [1.29, 1.82) is 0 Å². The summed E-state index contributed by atoms with van der Waals surface area (Å²) < 4.78 is 14.1. The van der Waals surface area contributed by atoms with Crippen LogP contribution in [-0.2, 0) is 10.2 Å². The van der Waals surface area contributed by atoms with Crippen LogP contribution in [0.1, 0.15) is 24.0 Å². The van der Waals surface area contributed by atoms with Gasteiger partial charge in [0.25, 0.3) is 0 Å². The van der Waals surface area contributed by atoms with Gasteiger partial charge < -0.3 is 5.32 Å². The van der Waals surface area contributed by atoms with Crippen LogP contribution in [0.3, 0.4) is 0 Å². The third-order valence-electron chi connectivity index (χ3n) is 4.95. The highest BCUT2D eigenvalue weighted by atomic mass is 35.5. The van der Waals surface area contributed by atoms with Crippen molar-refractivity contribution in [3.05, 3.63) is 63.4 Å². The second kappa shape index (κ2) is 5.30. The predicted octanol–water partition coefficient (Wildman–Crippen LogP) is 4.58. The Morgan fingerprint density at radius 1 is 1.25 bits per heavy atom. The van der Waals surface area contributed by atoms with E-state index in [-0.39, 0.29) is 22.9 Å². The zero-order valence-corrected chi connectivity index (χ0v) is 14.2. The summed E-state index contributed by atoms with van der Waals surface area (Å²) in [6, 6.07) is 9.80. The van der Waals surface area contributed by atoms with Gasteiger partial charge in [0.2, 0.25) is 5.91 Å². The summed E-state index contributed by atoms with van der Waals surface area (Å²) in [4.78, 5) is 17.4. The number of anilines is 1. The molecular weight excluding hydrogens is 350 g/mol. The average molecular weight is 363 g/mol. The quantitative estimate of drug-likeness (QED) is 0.792. The molecule has 0 saturated carbocycles. The number of nitrogens with one attached hydrogen (secondary N) is 1. The molecule has 2 aromatic carbocycles. The van der Waals surface area contributed by atoms with E-state index in [4.69, 9.17) is 23.2 Å². The lowest BCUT2D eigenvalue weighted by Gasteiger charge is -2.32. The van der Waals surface area contributed by atoms with Crippen LogP contribution in [-0.4, -0.2) is 18.2 Å². The topological polar surface area (TPSA) is 41.5 Å². The number of aliphatic imine (C=N–C) groups is 1. The average Bonchev–Trinajstić information content (AvgIpc) is 3.01. The first-order chi connectivity index (χ1) is 11.4. The van der Waals surface area contributed by atoms with Gasteiger partial charge in [-0.25, -0.2) is 4.39 Å². The van der Waals surface area contributed by atoms with Gasteiger partial charge in [0.1, 0.15) is 11.2 Å². The SMILES string of the molecule is CC1N=C[C@H](c2cccc(Cl)c2)[C@@]12C(=O)Nc1cc(Cl)c(F)cc12. The molecule has 0 fully saturated rings. The smallest absolute Gasteiger partial charge is 0.238 e. The highest BCUT2D eigenvalue weighted by Gasteiger charge is 2.58. The van der Waals surface area contributed by atoms with Crippen LogP contribution in [0.4, 0.5) is 10.1 Å². The lowest BCUT2D eigenvalue weighted by Crippen LogP contribution is -2.45. The molecule has 3 nitrogen and oxygen atoms in total. The van der Waals surface area contributed by atoms with Gasteiger partial charge in [-0.15, -0.1) is 0 Å². The lowest BCUT2D eigenvalue weighted by molar-refractivity contribution is -0.121. The molecule has 0 radical (unpaired) electrons. The molecule has 1 N–H and O–H groups in total. The number of halogens is 3. The van der Waals surface area contributed by atoms with Gasteiger partial charge in [0.05, 0.1) is 11.1 Å². The maximum Gasteiger partial charge on any atom is 0.238 e. The number of amides is 1. The summed E-state index contributed by atoms with van der Waals surface area (Å²) in [5.74, 6) is -1.07. The largest absolute Gasteiger partial charge is 0.325 e. The van der Waals surface area contributed by atoms with Crippen LogP contribution >= 0.6 is 23.2 Å². The molecule has 4 rings (SSSR count). The number of hydrogen-bond acceptors (Lipinski definition) is 2. The Hall–Kier alpha value is -1.91. The molecule has 6 heteroatoms. The van der Waals surface area contributed by atoms with Crippen molar-refractivity contribution in [3.8, 4) is 0 Å². The highest BCUT2D eigenvalue weighted by Crippen LogP contribution is 2.53. The molecule has 0 saturated heterocycles. The second-order valence-corrected chi connectivity index (χ2v) is 6.99. The number of benzene rings is 2. The number of nitrogens with zero attached hydrogens (tertiary/aromatic N) is 1. The van der Waals surface area contributed by atoms with Crippen LogP contribution in [0.2, 0.25) is 10.0 Å². The Kier molecular flexibility index (Phi) is 3.44. The van der Waals surface area contributed by atoms with E-state index in [2.05, 4.69) is 10.3 Å². The maximum atomic E-state index is 14.1. The lowest BCUT2D eigenvalue weighted by atomic mass is 9.66. The molecule has 3 atom stereocenters. The molecule has 1 spiro atoms. The van der Waals surface area contributed by atoms with E-state index >= 15 is 0 Å². The fraction of sp³-hybridized carbons (Fsp3) is 0.222. The summed E-state index contributed by atoms with van der Waals surface area (Å²) in [7, 11) is 0. The molecular formula is C18H13Cl2FN2O. The summed E-state index contributed by atoms with van der Waals surface area (Å²) in [6.45, 7) is 1.86. The zero-order chi connectivity index (χ0) is 17.1. The van der Waals surface area contributed by atoms with E-state index in [1.54, 1.807) is 12.3 Å². The fourth-order valence-electron chi connectivity index (χ4n) is 3.82. The maximum absolute atomic E-state index is 14.1. The van der Waals surface area contributed by atoms with Gasteiger partial charge in [-0.1, -0.05) is 35.3 Å². The van der Waals surface area contributed by atoms with Gasteiger partial charge in [0, 0.05) is 22.8 Å². The third-order valence-corrected chi connectivity index (χ3v) is 5.47. The molecule has 122 valence electrons. The van der Waals surface area contributed by atoms with Crippen molar-refractivity contribution in [2.45, 2.75) is 24.3 Å². The van der Waals surface area contributed by atoms with E-state index in [1.165, 1.54) is 12.1 Å². The summed E-state index contributed by atoms with van der Waals surface area (Å²) in [6.07, 6.45) is 1.76. The minimum atomic E-state index is -0.995. The molecule has 1 unspecified atom stereocenters. The van der Waals surface area contributed by atoms with E-state index in [0.717, 1.165) is 5.56 Å². The van der Waals surface area contributed by atoms with Crippen LogP contribution < -0.4 is 5.32 Å². The van der Waals surface area contributed by atoms with E-state index in [9.17, 15) is 9.18 Å². The number of carbonyl (C=O) groups is 1. The van der Waals surface area contributed by atoms with Crippen LogP contribution in [0.15, 0.2) is 41.4 Å². The number of hydrogen-bond donors (Lipinski definition) is 1. The Morgan fingerprint density at radius 3 is 2.79 bits per heavy atom. The Morgan fingerprint density at radius 2 is 2.04 bits per heavy atom. The van der Waals surface area contributed by atoms with E-state index in [1.807, 2.05) is 25.1 Å². The third kappa shape index (κ3) is 1.96. The number of carbonyl (C=O) groups excluding carboxylic acids is 1. The van der Waals surface area contributed by atoms with E-state index in [0.29, 0.717) is 16.3 Å². The zero-order valence-electron chi connectivity index (χ0n) is 12.7. The molecule has 1 amide bonds. The van der Waals surface area contributed by atoms with Gasteiger partial charge in [0.15, 0.2) is 0 Å². The minimum absolute atomic E-state index is 0.0167. The molecule has 24 heavy (non-hydrogen) atoms. The van der Waals surface area contributed by atoms with Crippen molar-refractivity contribution < 1.29 is 9.18 Å². The molecule has 2 aliphatic heterocycles. The molecule has 2 aromatic rings. The minimum Gasteiger partial charge on any atom is -0.325 e. The number of rotatable bonds is 1. The molecule has 0 bridgehead atoms. The highest BCUT2D eigenvalue weighted by molar-refractivity contribution is 6.31. The predicted molar refractivity (Wildman–Crippen MR) is 93.9 cm³/mol. The van der Waals surface area contributed by atoms with Crippen molar-refractivity contribution in [2.75, 3.05) is 5.32 Å². The van der Waals surface area contributed by atoms with Crippen LogP contribution in [0, 0.1) is 5.82 Å². The Balaban J connectivity index is 1.96. The molecule has 0 aromatic heterocycles. The first kappa shape index (κ1) is 15.6. The summed E-state index contributed by atoms with van der Waals surface area (Å²) >= 11 is 12.0.